The predicted molar refractivity (Wildman–Crippen MR) is 69.8 cm³/mol. The molecule has 0 aliphatic rings. The second kappa shape index (κ2) is 6.14. The minimum Gasteiger partial charge on any atom is -0.502 e. The van der Waals surface area contributed by atoms with E-state index in [-0.39, 0.29) is 24.6 Å². The van der Waals surface area contributed by atoms with Gasteiger partial charge < -0.3 is 15.9 Å². The van der Waals surface area contributed by atoms with E-state index in [0.717, 1.165) is 6.07 Å². The summed E-state index contributed by atoms with van der Waals surface area (Å²) in [5, 5.41) is 29.6. The molecule has 0 unspecified atom stereocenters. The molecule has 0 bridgehead atoms. The van der Waals surface area contributed by atoms with Crippen LogP contribution in [-0.4, -0.2) is 21.7 Å². The summed E-state index contributed by atoms with van der Waals surface area (Å²) in [6, 6.07) is 0.624. The normalized spacial score (nSPS) is 12.7. The molecule has 19 heavy (non-hydrogen) atoms. The third kappa shape index (κ3) is 3.52. The van der Waals surface area contributed by atoms with E-state index in [2.05, 4.69) is 0 Å². The third-order valence-electron chi connectivity index (χ3n) is 2.87. The van der Waals surface area contributed by atoms with Gasteiger partial charge in [-0.15, -0.1) is 12.4 Å². The Morgan fingerprint density at radius 1 is 1.53 bits per heavy atom. The summed E-state index contributed by atoms with van der Waals surface area (Å²) in [5.41, 5.74) is 4.13. The van der Waals surface area contributed by atoms with Gasteiger partial charge in [-0.1, -0.05) is 13.8 Å². The maximum Gasteiger partial charge on any atom is 0.313 e. The molecule has 108 valence electrons. The first kappa shape index (κ1) is 17.6. The number of phenolic OH excluding ortho intramolecular Hbond substituents is 1. The van der Waals surface area contributed by atoms with Gasteiger partial charge in [-0.3, -0.25) is 10.1 Å². The lowest BCUT2D eigenvalue weighted by Gasteiger charge is -2.29. The van der Waals surface area contributed by atoms with E-state index in [9.17, 15) is 24.7 Å². The number of phenols is 1. The summed E-state index contributed by atoms with van der Waals surface area (Å²) in [5.74, 6) is -1.53. The number of nitro benzene ring substituents is 1. The zero-order valence-corrected chi connectivity index (χ0v) is 11.3. The van der Waals surface area contributed by atoms with Gasteiger partial charge in [0.25, 0.3) is 0 Å². The second-order valence-electron chi connectivity index (χ2n) is 4.74. The summed E-state index contributed by atoms with van der Waals surface area (Å²) in [6.45, 7) is 2.90. The summed E-state index contributed by atoms with van der Waals surface area (Å²) >= 11 is 0. The summed E-state index contributed by atoms with van der Waals surface area (Å²) in [4.78, 5) is 9.77. The van der Waals surface area contributed by atoms with Gasteiger partial charge in [0.05, 0.1) is 11.0 Å². The Labute approximate surface area is 115 Å². The minimum atomic E-state index is -0.933. The lowest BCUT2D eigenvalue weighted by Crippen LogP contribution is -2.32. The van der Waals surface area contributed by atoms with E-state index in [1.807, 2.05) is 0 Å². The van der Waals surface area contributed by atoms with E-state index in [0.29, 0.717) is 6.07 Å². The Bertz CT molecular complexity index is 482. The van der Waals surface area contributed by atoms with Crippen LogP contribution in [0.15, 0.2) is 12.1 Å². The first-order valence-electron chi connectivity index (χ1n) is 5.24. The van der Waals surface area contributed by atoms with E-state index in [1.54, 1.807) is 13.8 Å². The molecule has 1 aromatic carbocycles. The molecule has 0 aromatic heterocycles. The van der Waals surface area contributed by atoms with Gasteiger partial charge in [-0.05, 0) is 6.07 Å². The third-order valence-corrected chi connectivity index (χ3v) is 2.87. The van der Waals surface area contributed by atoms with Crippen LogP contribution in [0.4, 0.5) is 10.1 Å². The van der Waals surface area contributed by atoms with Crippen LogP contribution in [0.2, 0.25) is 0 Å². The molecule has 0 fully saturated rings. The molecule has 4 N–H and O–H groups in total. The van der Waals surface area contributed by atoms with Crippen molar-refractivity contribution in [3.05, 3.63) is 33.6 Å². The molecule has 0 heterocycles. The molecule has 0 spiro atoms. The van der Waals surface area contributed by atoms with Crippen LogP contribution < -0.4 is 5.73 Å². The minimum absolute atomic E-state index is 0. The number of halogens is 2. The van der Waals surface area contributed by atoms with E-state index < -0.39 is 33.6 Å². The van der Waals surface area contributed by atoms with Crippen molar-refractivity contribution in [3.8, 4) is 5.75 Å². The van der Waals surface area contributed by atoms with E-state index in [4.69, 9.17) is 5.73 Å². The van der Waals surface area contributed by atoms with E-state index >= 15 is 0 Å². The number of aliphatic hydroxyl groups is 1. The number of aromatic hydroxyl groups is 1. The average Bonchev–Trinajstić information content (AvgIpc) is 2.30. The van der Waals surface area contributed by atoms with Crippen LogP contribution in [0.5, 0.6) is 5.75 Å². The average molecular weight is 295 g/mol. The molecule has 1 atom stereocenters. The highest BCUT2D eigenvalue weighted by Gasteiger charge is 2.32. The Balaban J connectivity index is 0.00000324. The van der Waals surface area contributed by atoms with Crippen molar-refractivity contribution in [2.24, 2.45) is 11.1 Å². The molecule has 0 amide bonds. The van der Waals surface area contributed by atoms with Crippen molar-refractivity contribution in [2.45, 2.75) is 19.9 Å². The number of nitrogens with two attached hydrogens (primary N) is 1. The Kier molecular flexibility index (Phi) is 5.67. The van der Waals surface area contributed by atoms with Gasteiger partial charge in [0.2, 0.25) is 0 Å². The van der Waals surface area contributed by atoms with Gasteiger partial charge in [0, 0.05) is 23.6 Å². The van der Waals surface area contributed by atoms with Crippen LogP contribution in [0.1, 0.15) is 25.5 Å². The predicted octanol–water partition coefficient (Wildman–Crippen LogP) is 1.88. The number of nitro groups is 1. The largest absolute Gasteiger partial charge is 0.502 e. The summed E-state index contributed by atoms with van der Waals surface area (Å²) in [6.07, 6.45) is 0. The van der Waals surface area contributed by atoms with Gasteiger partial charge in [0.1, 0.15) is 5.82 Å². The molecule has 6 nitrogen and oxygen atoms in total. The SMILES string of the molecule is CC(C)(CO)[C@H](N)c1cc(F)cc([N+](=O)[O-])c1O.Cl. The van der Waals surface area contributed by atoms with Crippen molar-refractivity contribution < 1.29 is 19.5 Å². The van der Waals surface area contributed by atoms with Crippen molar-refractivity contribution in [1.82, 2.24) is 0 Å². The number of aliphatic hydroxyl groups excluding tert-OH is 1. The van der Waals surface area contributed by atoms with Crippen LogP contribution in [-0.2, 0) is 0 Å². The molecule has 0 saturated heterocycles. The smallest absolute Gasteiger partial charge is 0.313 e. The Hall–Kier alpha value is -1.44. The van der Waals surface area contributed by atoms with Crippen molar-refractivity contribution in [1.29, 1.82) is 0 Å². The maximum atomic E-state index is 13.3. The van der Waals surface area contributed by atoms with Crippen LogP contribution in [0.3, 0.4) is 0 Å². The van der Waals surface area contributed by atoms with Gasteiger partial charge in [0.15, 0.2) is 5.75 Å². The number of hydrogen-bond acceptors (Lipinski definition) is 5. The van der Waals surface area contributed by atoms with Gasteiger partial charge in [-0.25, -0.2) is 4.39 Å². The molecule has 0 saturated carbocycles. The van der Waals surface area contributed by atoms with E-state index in [1.165, 1.54) is 0 Å². The lowest BCUT2D eigenvalue weighted by atomic mass is 9.81. The Morgan fingerprint density at radius 2 is 2.05 bits per heavy atom. The maximum absolute atomic E-state index is 13.3. The van der Waals surface area contributed by atoms with Crippen molar-refractivity contribution in [3.63, 3.8) is 0 Å². The summed E-state index contributed by atoms with van der Waals surface area (Å²) < 4.78 is 13.3. The highest BCUT2D eigenvalue weighted by atomic mass is 35.5. The fourth-order valence-corrected chi connectivity index (χ4v) is 1.50. The zero-order chi connectivity index (χ0) is 14.1. The molecule has 0 aliphatic carbocycles. The first-order chi connectivity index (χ1) is 8.20. The number of nitrogens with zero attached hydrogens (tertiary/aromatic N) is 1. The molecule has 1 aromatic rings. The molecular formula is C11H16ClFN2O4. The van der Waals surface area contributed by atoms with Crippen molar-refractivity contribution in [2.75, 3.05) is 6.61 Å². The highest BCUT2D eigenvalue weighted by Crippen LogP contribution is 2.40. The fraction of sp³-hybridized carbons (Fsp3) is 0.455. The van der Waals surface area contributed by atoms with Crippen LogP contribution >= 0.6 is 12.4 Å². The second-order valence-corrected chi connectivity index (χ2v) is 4.74. The Morgan fingerprint density at radius 3 is 2.47 bits per heavy atom. The number of benzene rings is 1. The molecule has 0 radical (unpaired) electrons. The molecular weight excluding hydrogens is 279 g/mol. The number of rotatable bonds is 4. The topological polar surface area (TPSA) is 110 Å². The quantitative estimate of drug-likeness (QED) is 0.580. The summed E-state index contributed by atoms with van der Waals surface area (Å²) in [7, 11) is 0. The van der Waals surface area contributed by atoms with Crippen LogP contribution in [0.25, 0.3) is 0 Å². The lowest BCUT2D eigenvalue weighted by molar-refractivity contribution is -0.386. The van der Waals surface area contributed by atoms with Gasteiger partial charge in [-0.2, -0.15) is 0 Å². The number of hydrogen-bond donors (Lipinski definition) is 3. The van der Waals surface area contributed by atoms with Crippen LogP contribution in [0, 0.1) is 21.3 Å². The zero-order valence-electron chi connectivity index (χ0n) is 10.5. The monoisotopic (exact) mass is 294 g/mol. The molecule has 8 heteroatoms. The van der Waals surface area contributed by atoms with Gasteiger partial charge >= 0.3 is 5.69 Å². The molecule has 1 rings (SSSR count). The standard InChI is InChI=1S/C11H15FN2O4.ClH/c1-11(2,5-15)10(13)7-3-6(12)4-8(9(7)16)14(17)18;/h3-4,10,15-16H,5,13H2,1-2H3;1H/t10-;/m1./s1. The van der Waals surface area contributed by atoms with Crippen molar-refractivity contribution >= 4 is 18.1 Å². The first-order valence-corrected chi connectivity index (χ1v) is 5.24. The highest BCUT2D eigenvalue weighted by molar-refractivity contribution is 5.85. The molecule has 0 aliphatic heterocycles. The fourth-order valence-electron chi connectivity index (χ4n) is 1.50.